The van der Waals surface area contributed by atoms with E-state index >= 15 is 0 Å². The van der Waals surface area contributed by atoms with Crippen LogP contribution in [0.3, 0.4) is 0 Å². The van der Waals surface area contributed by atoms with Crippen LogP contribution in [-0.2, 0) is 0 Å². The van der Waals surface area contributed by atoms with E-state index in [0.29, 0.717) is 10.7 Å². The van der Waals surface area contributed by atoms with Gasteiger partial charge >= 0.3 is 0 Å². The Morgan fingerprint density at radius 2 is 2.47 bits per heavy atom. The van der Waals surface area contributed by atoms with E-state index in [0.717, 1.165) is 24.4 Å². The van der Waals surface area contributed by atoms with Crippen molar-refractivity contribution in [2.45, 2.75) is 18.2 Å². The van der Waals surface area contributed by atoms with Crippen LogP contribution < -0.4 is 0 Å². The van der Waals surface area contributed by atoms with Crippen LogP contribution in [0.4, 0.5) is 0 Å². The predicted octanol–water partition coefficient (Wildman–Crippen LogP) is 2.99. The number of piperidine rings is 1. The molecule has 0 saturated carbocycles. The van der Waals surface area contributed by atoms with E-state index in [2.05, 4.69) is 22.9 Å². The highest BCUT2D eigenvalue weighted by atomic mass is 79.9. The number of alkyl halides is 1. The average molecular weight is 288 g/mol. The zero-order valence-corrected chi connectivity index (χ0v) is 11.1. The number of amides is 1. The number of carbonyl (C=O) groups excluding carboxylic acids is 1. The van der Waals surface area contributed by atoms with Crippen LogP contribution in [0, 0.1) is 5.92 Å². The van der Waals surface area contributed by atoms with Crippen molar-refractivity contribution in [3.8, 4) is 0 Å². The molecule has 0 aliphatic carbocycles. The molecule has 0 radical (unpaired) electrons. The minimum absolute atomic E-state index is 0.191. The van der Waals surface area contributed by atoms with E-state index in [-0.39, 0.29) is 5.91 Å². The summed E-state index contributed by atoms with van der Waals surface area (Å²) >= 11 is 5.17. The first kappa shape index (κ1) is 11.1. The normalized spacial score (nSPS) is 26.7. The zero-order chi connectivity index (χ0) is 10.8. The smallest absolute Gasteiger partial charge is 0.263 e. The Bertz CT molecular complexity index is 338. The highest BCUT2D eigenvalue weighted by molar-refractivity contribution is 9.09. The second-order valence-corrected chi connectivity index (χ2v) is 6.13. The van der Waals surface area contributed by atoms with Gasteiger partial charge in [0.25, 0.3) is 5.91 Å². The molecule has 82 valence electrons. The van der Waals surface area contributed by atoms with Gasteiger partial charge in [-0.05, 0) is 23.8 Å². The van der Waals surface area contributed by atoms with Gasteiger partial charge in [-0.3, -0.25) is 4.79 Å². The number of carbonyl (C=O) groups is 1. The molecule has 1 amide bonds. The van der Waals surface area contributed by atoms with Crippen LogP contribution in [-0.4, -0.2) is 28.7 Å². The summed E-state index contributed by atoms with van der Waals surface area (Å²) in [6.07, 6.45) is 1.05. The lowest BCUT2D eigenvalue weighted by molar-refractivity contribution is 0.0695. The van der Waals surface area contributed by atoms with Gasteiger partial charge in [-0.2, -0.15) is 0 Å². The number of halogens is 1. The van der Waals surface area contributed by atoms with Gasteiger partial charge < -0.3 is 4.90 Å². The Morgan fingerprint density at radius 1 is 1.67 bits per heavy atom. The molecule has 1 saturated heterocycles. The fourth-order valence-electron chi connectivity index (χ4n) is 1.86. The van der Waals surface area contributed by atoms with E-state index in [4.69, 9.17) is 0 Å². The van der Waals surface area contributed by atoms with Gasteiger partial charge in [-0.1, -0.05) is 28.9 Å². The van der Waals surface area contributed by atoms with E-state index in [1.54, 1.807) is 0 Å². The lowest BCUT2D eigenvalue weighted by Crippen LogP contribution is -2.43. The largest absolute Gasteiger partial charge is 0.338 e. The molecule has 0 bridgehead atoms. The first-order chi connectivity index (χ1) is 7.18. The van der Waals surface area contributed by atoms with Crippen LogP contribution in [0.2, 0.25) is 0 Å². The van der Waals surface area contributed by atoms with Crippen molar-refractivity contribution in [1.29, 1.82) is 0 Å². The minimum Gasteiger partial charge on any atom is -0.338 e. The van der Waals surface area contributed by atoms with Gasteiger partial charge in [0, 0.05) is 17.9 Å². The molecular weight excluding hydrogens is 274 g/mol. The number of thiophene rings is 1. The maximum Gasteiger partial charge on any atom is 0.263 e. The van der Waals surface area contributed by atoms with Crippen LogP contribution in [0.15, 0.2) is 17.5 Å². The molecule has 15 heavy (non-hydrogen) atoms. The molecular formula is C11H14BrNOS. The summed E-state index contributed by atoms with van der Waals surface area (Å²) in [5.74, 6) is 0.735. The van der Waals surface area contributed by atoms with E-state index in [1.165, 1.54) is 11.3 Å². The van der Waals surface area contributed by atoms with Crippen LogP contribution in [0.1, 0.15) is 23.0 Å². The second kappa shape index (κ2) is 4.66. The summed E-state index contributed by atoms with van der Waals surface area (Å²) in [5, 5.41) is 1.95. The van der Waals surface area contributed by atoms with Crippen molar-refractivity contribution in [3.05, 3.63) is 22.4 Å². The summed E-state index contributed by atoms with van der Waals surface area (Å²) in [7, 11) is 0. The zero-order valence-electron chi connectivity index (χ0n) is 8.65. The Labute approximate surface area is 102 Å². The summed E-state index contributed by atoms with van der Waals surface area (Å²) in [4.78, 5) is 15.4. The third-order valence-electron chi connectivity index (χ3n) is 2.82. The number of hydrogen-bond donors (Lipinski definition) is 0. The average Bonchev–Trinajstić information content (AvgIpc) is 2.74. The molecule has 2 rings (SSSR count). The Hall–Kier alpha value is -0.350. The van der Waals surface area contributed by atoms with Gasteiger partial charge in [0.15, 0.2) is 0 Å². The number of hydrogen-bond acceptors (Lipinski definition) is 2. The SMILES string of the molecule is CC1CN(C(=O)c2cccs2)CCC1Br. The molecule has 1 aliphatic rings. The lowest BCUT2D eigenvalue weighted by atomic mass is 10.00. The first-order valence-electron chi connectivity index (χ1n) is 5.15. The molecule has 2 heterocycles. The fraction of sp³-hybridized carbons (Fsp3) is 0.545. The Morgan fingerprint density at radius 3 is 3.07 bits per heavy atom. The summed E-state index contributed by atoms with van der Waals surface area (Å²) in [6, 6.07) is 3.83. The second-order valence-electron chi connectivity index (χ2n) is 4.01. The molecule has 0 aromatic carbocycles. The molecule has 1 fully saturated rings. The third kappa shape index (κ3) is 2.42. The predicted molar refractivity (Wildman–Crippen MR) is 66.7 cm³/mol. The maximum absolute atomic E-state index is 12.0. The van der Waals surface area contributed by atoms with E-state index < -0.39 is 0 Å². The van der Waals surface area contributed by atoms with Crippen molar-refractivity contribution in [3.63, 3.8) is 0 Å². The number of nitrogens with zero attached hydrogens (tertiary/aromatic N) is 1. The highest BCUT2D eigenvalue weighted by Crippen LogP contribution is 2.25. The maximum atomic E-state index is 12.0. The summed E-state index contributed by atoms with van der Waals surface area (Å²) in [6.45, 7) is 3.93. The van der Waals surface area contributed by atoms with Crippen molar-refractivity contribution in [2.24, 2.45) is 5.92 Å². The molecule has 0 spiro atoms. The third-order valence-corrected chi connectivity index (χ3v) is 5.04. The molecule has 1 aromatic rings. The van der Waals surface area contributed by atoms with Crippen LogP contribution in [0.5, 0.6) is 0 Å². The van der Waals surface area contributed by atoms with Crippen molar-refractivity contribution in [2.75, 3.05) is 13.1 Å². The molecule has 2 unspecified atom stereocenters. The lowest BCUT2D eigenvalue weighted by Gasteiger charge is -2.34. The molecule has 4 heteroatoms. The van der Waals surface area contributed by atoms with Crippen LogP contribution in [0.25, 0.3) is 0 Å². The summed E-state index contributed by atoms with van der Waals surface area (Å²) < 4.78 is 0. The van der Waals surface area contributed by atoms with Gasteiger partial charge in [0.05, 0.1) is 4.88 Å². The van der Waals surface area contributed by atoms with Gasteiger partial charge in [-0.15, -0.1) is 11.3 Å². The van der Waals surface area contributed by atoms with Crippen molar-refractivity contribution in [1.82, 2.24) is 4.90 Å². The van der Waals surface area contributed by atoms with E-state index in [9.17, 15) is 4.79 Å². The molecule has 1 aromatic heterocycles. The highest BCUT2D eigenvalue weighted by Gasteiger charge is 2.27. The molecule has 1 aliphatic heterocycles. The molecule has 2 nitrogen and oxygen atoms in total. The van der Waals surface area contributed by atoms with Gasteiger partial charge in [0.2, 0.25) is 0 Å². The molecule has 2 atom stereocenters. The fourth-order valence-corrected chi connectivity index (χ4v) is 2.92. The standard InChI is InChI=1S/C11H14BrNOS/c1-8-7-13(5-4-9(8)12)11(14)10-3-2-6-15-10/h2-3,6,8-9H,4-5,7H2,1H3. The van der Waals surface area contributed by atoms with Crippen LogP contribution >= 0.6 is 27.3 Å². The minimum atomic E-state index is 0.191. The number of rotatable bonds is 1. The monoisotopic (exact) mass is 287 g/mol. The topological polar surface area (TPSA) is 20.3 Å². The summed E-state index contributed by atoms with van der Waals surface area (Å²) in [5.41, 5.74) is 0. The Balaban J connectivity index is 2.03. The number of likely N-dealkylation sites (tertiary alicyclic amines) is 1. The van der Waals surface area contributed by atoms with Crippen molar-refractivity contribution >= 4 is 33.2 Å². The first-order valence-corrected chi connectivity index (χ1v) is 6.95. The van der Waals surface area contributed by atoms with Crippen molar-refractivity contribution < 1.29 is 4.79 Å². The molecule has 0 N–H and O–H groups in total. The quantitative estimate of drug-likeness (QED) is 0.727. The Kier molecular flexibility index (Phi) is 3.46. The van der Waals surface area contributed by atoms with Gasteiger partial charge in [-0.25, -0.2) is 0 Å². The van der Waals surface area contributed by atoms with E-state index in [1.807, 2.05) is 22.4 Å². The van der Waals surface area contributed by atoms with Gasteiger partial charge in [0.1, 0.15) is 0 Å².